The van der Waals surface area contributed by atoms with Gasteiger partial charge in [0.2, 0.25) is 11.8 Å². The standard InChI is InChI=1S/C16H19N3O4/c1-9-4-5-11-12(8-9)23-14(17-11)16(3)6-7-19(15(16)21)10(2)13(20)18-22/h4-5,8,10,22H,6-7H2,1-3H3,(H,18,20)/t10-,16?/m1/s1. The van der Waals surface area contributed by atoms with Crippen molar-refractivity contribution in [2.75, 3.05) is 6.54 Å². The first-order valence-electron chi connectivity index (χ1n) is 7.49. The van der Waals surface area contributed by atoms with E-state index in [9.17, 15) is 9.59 Å². The summed E-state index contributed by atoms with van der Waals surface area (Å²) in [6.45, 7) is 5.71. The molecule has 1 aromatic carbocycles. The summed E-state index contributed by atoms with van der Waals surface area (Å²) in [4.78, 5) is 30.3. The predicted molar refractivity (Wildman–Crippen MR) is 81.8 cm³/mol. The number of likely N-dealkylation sites (tertiary alicyclic amines) is 1. The Kier molecular flexibility index (Phi) is 3.60. The quantitative estimate of drug-likeness (QED) is 0.661. The molecule has 2 aromatic rings. The SMILES string of the molecule is Cc1ccc2nc(C3(C)CCN([C@H](C)C(=O)NO)C3=O)oc2c1. The minimum absolute atomic E-state index is 0.225. The van der Waals surface area contributed by atoms with Crippen LogP contribution in [-0.4, -0.2) is 39.5 Å². The zero-order valence-corrected chi connectivity index (χ0v) is 13.3. The summed E-state index contributed by atoms with van der Waals surface area (Å²) < 4.78 is 5.81. The van der Waals surface area contributed by atoms with Crippen molar-refractivity contribution < 1.29 is 19.2 Å². The van der Waals surface area contributed by atoms with E-state index in [2.05, 4.69) is 4.98 Å². The molecule has 0 aliphatic carbocycles. The smallest absolute Gasteiger partial charge is 0.265 e. The van der Waals surface area contributed by atoms with Crippen molar-refractivity contribution in [3.8, 4) is 0 Å². The molecule has 7 nitrogen and oxygen atoms in total. The summed E-state index contributed by atoms with van der Waals surface area (Å²) in [6.07, 6.45) is 0.501. The zero-order valence-electron chi connectivity index (χ0n) is 13.3. The van der Waals surface area contributed by atoms with Crippen LogP contribution in [-0.2, 0) is 15.0 Å². The summed E-state index contributed by atoms with van der Waals surface area (Å²) in [7, 11) is 0. The van der Waals surface area contributed by atoms with Gasteiger partial charge >= 0.3 is 0 Å². The van der Waals surface area contributed by atoms with Crippen LogP contribution in [0.4, 0.5) is 0 Å². The van der Waals surface area contributed by atoms with Crippen molar-refractivity contribution in [2.45, 2.75) is 38.6 Å². The zero-order chi connectivity index (χ0) is 16.8. The summed E-state index contributed by atoms with van der Waals surface area (Å²) >= 11 is 0. The van der Waals surface area contributed by atoms with Crippen LogP contribution in [0.1, 0.15) is 31.7 Å². The number of carbonyl (C=O) groups excluding carboxylic acids is 2. The first-order valence-corrected chi connectivity index (χ1v) is 7.49. The summed E-state index contributed by atoms with van der Waals surface area (Å²) in [5, 5.41) is 8.75. The summed E-state index contributed by atoms with van der Waals surface area (Å²) in [5.74, 6) is -0.477. The number of hydrogen-bond donors (Lipinski definition) is 2. The lowest BCUT2D eigenvalue weighted by Crippen LogP contribution is -2.47. The van der Waals surface area contributed by atoms with Gasteiger partial charge < -0.3 is 9.32 Å². The average molecular weight is 317 g/mol. The Morgan fingerprint density at radius 3 is 2.96 bits per heavy atom. The number of carbonyl (C=O) groups is 2. The Morgan fingerprint density at radius 1 is 1.52 bits per heavy atom. The van der Waals surface area contributed by atoms with Crippen LogP contribution in [0.15, 0.2) is 22.6 Å². The number of aryl methyl sites for hydroxylation is 1. The van der Waals surface area contributed by atoms with Crippen molar-refractivity contribution in [3.63, 3.8) is 0 Å². The number of benzene rings is 1. The average Bonchev–Trinajstić information content (AvgIpc) is 3.08. The molecule has 7 heteroatoms. The Labute approximate surface area is 133 Å². The van der Waals surface area contributed by atoms with Gasteiger partial charge in [0.1, 0.15) is 17.0 Å². The molecule has 1 aliphatic heterocycles. The van der Waals surface area contributed by atoms with Gasteiger partial charge in [-0.25, -0.2) is 10.5 Å². The molecule has 23 heavy (non-hydrogen) atoms. The number of rotatable bonds is 3. The first kappa shape index (κ1) is 15.5. The Balaban J connectivity index is 1.95. The lowest BCUT2D eigenvalue weighted by atomic mass is 9.89. The van der Waals surface area contributed by atoms with E-state index < -0.39 is 17.4 Å². The molecular formula is C16H19N3O4. The molecular weight excluding hydrogens is 298 g/mol. The fourth-order valence-corrected chi connectivity index (χ4v) is 2.94. The topological polar surface area (TPSA) is 95.7 Å². The molecule has 1 unspecified atom stereocenters. The van der Waals surface area contributed by atoms with Gasteiger partial charge in [-0.15, -0.1) is 0 Å². The van der Waals surface area contributed by atoms with E-state index in [1.165, 1.54) is 4.90 Å². The van der Waals surface area contributed by atoms with Crippen LogP contribution in [0.3, 0.4) is 0 Å². The molecule has 2 N–H and O–H groups in total. The number of aromatic nitrogens is 1. The van der Waals surface area contributed by atoms with Crippen LogP contribution >= 0.6 is 0 Å². The lowest BCUT2D eigenvalue weighted by Gasteiger charge is -2.24. The van der Waals surface area contributed by atoms with Crippen molar-refractivity contribution in [1.82, 2.24) is 15.4 Å². The van der Waals surface area contributed by atoms with Crippen LogP contribution in [0.5, 0.6) is 0 Å². The Morgan fingerprint density at radius 2 is 2.26 bits per heavy atom. The maximum atomic E-state index is 12.8. The van der Waals surface area contributed by atoms with E-state index in [1.54, 1.807) is 19.3 Å². The third-order valence-corrected chi connectivity index (χ3v) is 4.56. The molecule has 2 amide bonds. The second-order valence-electron chi connectivity index (χ2n) is 6.22. The molecule has 0 radical (unpaired) electrons. The van der Waals surface area contributed by atoms with Gasteiger partial charge in [-0.1, -0.05) is 6.07 Å². The van der Waals surface area contributed by atoms with Gasteiger partial charge in [0.15, 0.2) is 5.58 Å². The molecule has 1 fully saturated rings. The van der Waals surface area contributed by atoms with Crippen molar-refractivity contribution >= 4 is 22.9 Å². The molecule has 0 spiro atoms. The van der Waals surface area contributed by atoms with Crippen LogP contribution < -0.4 is 5.48 Å². The number of oxazole rings is 1. The maximum absolute atomic E-state index is 12.8. The Hall–Kier alpha value is -2.41. The minimum Gasteiger partial charge on any atom is -0.440 e. The second-order valence-corrected chi connectivity index (χ2v) is 6.22. The molecule has 1 aliphatic rings. The molecule has 1 aromatic heterocycles. The fraction of sp³-hybridized carbons (Fsp3) is 0.438. The Bertz CT molecular complexity index is 785. The van der Waals surface area contributed by atoms with E-state index in [0.717, 1.165) is 5.56 Å². The highest BCUT2D eigenvalue weighted by molar-refractivity contribution is 5.94. The van der Waals surface area contributed by atoms with Gasteiger partial charge in [0.25, 0.3) is 5.91 Å². The normalized spacial score (nSPS) is 22.6. The van der Waals surface area contributed by atoms with Gasteiger partial charge in [-0.3, -0.25) is 14.8 Å². The monoisotopic (exact) mass is 317 g/mol. The van der Waals surface area contributed by atoms with E-state index in [0.29, 0.717) is 30.0 Å². The molecule has 2 atom stereocenters. The number of fused-ring (bicyclic) bond motifs is 1. The highest BCUT2D eigenvalue weighted by Gasteiger charge is 2.50. The largest absolute Gasteiger partial charge is 0.440 e. The number of nitrogens with one attached hydrogen (secondary N) is 1. The predicted octanol–water partition coefficient (Wildman–Crippen LogP) is 1.52. The fourth-order valence-electron chi connectivity index (χ4n) is 2.94. The molecule has 2 heterocycles. The molecule has 0 bridgehead atoms. The van der Waals surface area contributed by atoms with E-state index in [1.807, 2.05) is 25.1 Å². The van der Waals surface area contributed by atoms with E-state index in [4.69, 9.17) is 9.62 Å². The van der Waals surface area contributed by atoms with Gasteiger partial charge in [-0.05, 0) is 44.9 Å². The maximum Gasteiger partial charge on any atom is 0.265 e. The van der Waals surface area contributed by atoms with Crippen LogP contribution in [0.25, 0.3) is 11.1 Å². The number of hydrogen-bond acceptors (Lipinski definition) is 5. The summed E-state index contributed by atoms with van der Waals surface area (Å²) in [6, 6.07) is 4.93. The van der Waals surface area contributed by atoms with Crippen LogP contribution in [0.2, 0.25) is 0 Å². The first-order chi connectivity index (χ1) is 10.9. The highest BCUT2D eigenvalue weighted by atomic mass is 16.5. The number of amides is 2. The van der Waals surface area contributed by atoms with E-state index in [-0.39, 0.29) is 5.91 Å². The second kappa shape index (κ2) is 5.34. The van der Waals surface area contributed by atoms with Gasteiger partial charge in [0, 0.05) is 6.54 Å². The highest BCUT2D eigenvalue weighted by Crippen LogP contribution is 2.37. The molecule has 122 valence electrons. The van der Waals surface area contributed by atoms with Crippen molar-refractivity contribution in [3.05, 3.63) is 29.7 Å². The van der Waals surface area contributed by atoms with Crippen molar-refractivity contribution in [1.29, 1.82) is 0 Å². The van der Waals surface area contributed by atoms with E-state index >= 15 is 0 Å². The van der Waals surface area contributed by atoms with Crippen LogP contribution in [0, 0.1) is 6.92 Å². The van der Waals surface area contributed by atoms with Crippen molar-refractivity contribution in [2.24, 2.45) is 0 Å². The molecule has 3 rings (SSSR count). The number of nitrogens with zero attached hydrogens (tertiary/aromatic N) is 2. The molecule has 0 saturated carbocycles. The minimum atomic E-state index is -0.906. The van der Waals surface area contributed by atoms with Gasteiger partial charge in [-0.2, -0.15) is 0 Å². The van der Waals surface area contributed by atoms with Gasteiger partial charge in [0.05, 0.1) is 0 Å². The number of hydroxylamine groups is 1. The third kappa shape index (κ3) is 2.37. The molecule has 1 saturated heterocycles. The lowest BCUT2D eigenvalue weighted by molar-refractivity contribution is -0.143. The third-order valence-electron chi connectivity index (χ3n) is 4.56. The summed E-state index contributed by atoms with van der Waals surface area (Å²) in [5.41, 5.74) is 3.09.